The minimum absolute atomic E-state index is 0.0554. The Balaban J connectivity index is 2.37. The first-order chi connectivity index (χ1) is 7.61. The van der Waals surface area contributed by atoms with Gasteiger partial charge in [0, 0.05) is 22.5 Å². The number of amides is 1. The summed E-state index contributed by atoms with van der Waals surface area (Å²) < 4.78 is 0.886. The number of halogens is 1. The van der Waals surface area contributed by atoms with E-state index in [1.165, 1.54) is 11.8 Å². The molecule has 1 heterocycles. The van der Waals surface area contributed by atoms with E-state index in [0.29, 0.717) is 23.4 Å². The number of anilines is 1. The summed E-state index contributed by atoms with van der Waals surface area (Å²) >= 11 is 4.81. The molecule has 0 aliphatic heterocycles. The number of aromatic nitrogens is 1. The van der Waals surface area contributed by atoms with Crippen LogP contribution in [0.4, 0.5) is 5.82 Å². The number of hydrogen-bond acceptors (Lipinski definition) is 4. The van der Waals surface area contributed by atoms with Crippen molar-refractivity contribution in [1.29, 1.82) is 0 Å². The number of pyridine rings is 1. The molecule has 0 radical (unpaired) electrons. The molecular weight excluding hydrogens is 290 g/mol. The fourth-order valence-electron chi connectivity index (χ4n) is 0.915. The Bertz CT molecular complexity index is 344. The van der Waals surface area contributed by atoms with Gasteiger partial charge in [-0.2, -0.15) is 0 Å². The lowest BCUT2D eigenvalue weighted by Crippen LogP contribution is -2.19. The highest BCUT2D eigenvalue weighted by Gasteiger charge is 2.06. The Morgan fingerprint density at radius 2 is 2.44 bits per heavy atom. The highest BCUT2D eigenvalue weighted by molar-refractivity contribution is 9.10. The van der Waals surface area contributed by atoms with E-state index in [1.54, 1.807) is 12.3 Å². The highest BCUT2D eigenvalue weighted by atomic mass is 79.9. The maximum atomic E-state index is 11.5. The van der Waals surface area contributed by atoms with Gasteiger partial charge in [0.05, 0.1) is 5.75 Å². The second-order valence-corrected chi connectivity index (χ2v) is 5.61. The zero-order chi connectivity index (χ0) is 12.0. The van der Waals surface area contributed by atoms with Gasteiger partial charge in [-0.1, -0.05) is 6.92 Å². The second-order valence-electron chi connectivity index (χ2n) is 3.27. The number of rotatable bonds is 5. The Morgan fingerprint density at radius 1 is 1.69 bits per heavy atom. The van der Waals surface area contributed by atoms with Crippen LogP contribution in [0.5, 0.6) is 0 Å². The third-order valence-electron chi connectivity index (χ3n) is 1.83. The van der Waals surface area contributed by atoms with Crippen molar-refractivity contribution in [3.05, 3.63) is 22.8 Å². The minimum Gasteiger partial charge on any atom is -0.329 e. The molecule has 0 aromatic carbocycles. The smallest absolute Gasteiger partial charge is 0.235 e. The summed E-state index contributed by atoms with van der Waals surface area (Å²) in [5, 5.41) is 3.01. The van der Waals surface area contributed by atoms with Crippen molar-refractivity contribution in [2.75, 3.05) is 17.6 Å². The van der Waals surface area contributed by atoms with Gasteiger partial charge in [0.2, 0.25) is 5.91 Å². The second kappa shape index (κ2) is 6.88. The van der Waals surface area contributed by atoms with Gasteiger partial charge in [0.1, 0.15) is 5.82 Å². The summed E-state index contributed by atoms with van der Waals surface area (Å²) in [5.41, 5.74) is 5.46. The van der Waals surface area contributed by atoms with E-state index in [2.05, 4.69) is 26.2 Å². The first kappa shape index (κ1) is 13.5. The molecule has 1 aromatic rings. The predicted molar refractivity (Wildman–Crippen MR) is 71.5 cm³/mol. The van der Waals surface area contributed by atoms with Crippen LogP contribution >= 0.6 is 27.7 Å². The quantitative estimate of drug-likeness (QED) is 0.871. The largest absolute Gasteiger partial charge is 0.329 e. The number of nitrogens with zero attached hydrogens (tertiary/aromatic N) is 1. The van der Waals surface area contributed by atoms with Gasteiger partial charge in [0.25, 0.3) is 0 Å². The molecule has 0 fully saturated rings. The SMILES string of the molecule is CC(CN)SCC(=O)Nc1ccc(Br)cn1. The molecule has 0 saturated heterocycles. The van der Waals surface area contributed by atoms with Crippen LogP contribution in [0.1, 0.15) is 6.92 Å². The lowest BCUT2D eigenvalue weighted by molar-refractivity contribution is -0.113. The zero-order valence-electron chi connectivity index (χ0n) is 8.94. The summed E-state index contributed by atoms with van der Waals surface area (Å²) in [6, 6.07) is 3.58. The Kier molecular flexibility index (Phi) is 5.79. The Labute approximate surface area is 108 Å². The zero-order valence-corrected chi connectivity index (χ0v) is 11.3. The molecule has 4 nitrogen and oxygen atoms in total. The Hall–Kier alpha value is -0.590. The molecule has 0 spiro atoms. The average molecular weight is 304 g/mol. The van der Waals surface area contributed by atoms with Crippen molar-refractivity contribution in [3.63, 3.8) is 0 Å². The van der Waals surface area contributed by atoms with Crippen LogP contribution in [0, 0.1) is 0 Å². The van der Waals surface area contributed by atoms with Crippen LogP contribution in [0.2, 0.25) is 0 Å². The summed E-state index contributed by atoms with van der Waals surface area (Å²) in [4.78, 5) is 15.5. The molecule has 3 N–H and O–H groups in total. The molecule has 1 amide bonds. The van der Waals surface area contributed by atoms with Gasteiger partial charge in [-0.05, 0) is 28.1 Å². The third kappa shape index (κ3) is 4.96. The van der Waals surface area contributed by atoms with Crippen molar-refractivity contribution in [2.45, 2.75) is 12.2 Å². The topological polar surface area (TPSA) is 68.0 Å². The number of nitrogens with two attached hydrogens (primary N) is 1. The molecular formula is C10H14BrN3OS. The molecule has 1 aromatic heterocycles. The first-order valence-corrected chi connectivity index (χ1v) is 6.69. The standard InChI is InChI=1S/C10H14BrN3OS/c1-7(4-12)16-6-10(15)14-9-3-2-8(11)5-13-9/h2-3,5,7H,4,6,12H2,1H3,(H,13,14,15). The molecule has 0 aliphatic rings. The number of thioether (sulfide) groups is 1. The average Bonchev–Trinajstić information content (AvgIpc) is 2.29. The van der Waals surface area contributed by atoms with Gasteiger partial charge in [-0.3, -0.25) is 4.79 Å². The van der Waals surface area contributed by atoms with E-state index in [1.807, 2.05) is 13.0 Å². The summed E-state index contributed by atoms with van der Waals surface area (Å²) in [7, 11) is 0. The normalized spacial score (nSPS) is 12.2. The van der Waals surface area contributed by atoms with Gasteiger partial charge in [-0.25, -0.2) is 4.98 Å². The van der Waals surface area contributed by atoms with Gasteiger partial charge >= 0.3 is 0 Å². The Morgan fingerprint density at radius 3 is 3.00 bits per heavy atom. The number of hydrogen-bond donors (Lipinski definition) is 2. The maximum absolute atomic E-state index is 11.5. The summed E-state index contributed by atoms with van der Waals surface area (Å²) in [5.74, 6) is 0.908. The van der Waals surface area contributed by atoms with E-state index in [9.17, 15) is 4.79 Å². The number of carbonyl (C=O) groups is 1. The fourth-order valence-corrected chi connectivity index (χ4v) is 1.79. The van der Waals surface area contributed by atoms with Crippen LogP contribution in [0.25, 0.3) is 0 Å². The van der Waals surface area contributed by atoms with Crippen LogP contribution in [-0.2, 0) is 4.79 Å². The van der Waals surface area contributed by atoms with Crippen molar-refractivity contribution in [2.24, 2.45) is 5.73 Å². The van der Waals surface area contributed by atoms with Gasteiger partial charge < -0.3 is 11.1 Å². The van der Waals surface area contributed by atoms with E-state index >= 15 is 0 Å². The van der Waals surface area contributed by atoms with Crippen molar-refractivity contribution in [1.82, 2.24) is 4.98 Å². The highest BCUT2D eigenvalue weighted by Crippen LogP contribution is 2.12. The lowest BCUT2D eigenvalue weighted by atomic mass is 10.4. The molecule has 1 atom stereocenters. The van der Waals surface area contributed by atoms with E-state index in [4.69, 9.17) is 5.73 Å². The first-order valence-electron chi connectivity index (χ1n) is 4.85. The van der Waals surface area contributed by atoms with Crippen LogP contribution in [0.3, 0.4) is 0 Å². The minimum atomic E-state index is -0.0554. The fraction of sp³-hybridized carbons (Fsp3) is 0.400. The summed E-state index contributed by atoms with van der Waals surface area (Å²) in [6.45, 7) is 2.57. The van der Waals surface area contributed by atoms with Crippen molar-refractivity contribution >= 4 is 39.4 Å². The molecule has 6 heteroatoms. The van der Waals surface area contributed by atoms with Crippen LogP contribution in [0.15, 0.2) is 22.8 Å². The molecule has 0 saturated carbocycles. The summed E-state index contributed by atoms with van der Waals surface area (Å²) in [6.07, 6.45) is 1.64. The van der Waals surface area contributed by atoms with Crippen molar-refractivity contribution in [3.8, 4) is 0 Å². The third-order valence-corrected chi connectivity index (χ3v) is 3.49. The van der Waals surface area contributed by atoms with Gasteiger partial charge in [-0.15, -0.1) is 11.8 Å². The van der Waals surface area contributed by atoms with E-state index in [0.717, 1.165) is 4.47 Å². The molecule has 88 valence electrons. The van der Waals surface area contributed by atoms with E-state index < -0.39 is 0 Å². The van der Waals surface area contributed by atoms with E-state index in [-0.39, 0.29) is 5.91 Å². The monoisotopic (exact) mass is 303 g/mol. The molecule has 16 heavy (non-hydrogen) atoms. The molecule has 0 bridgehead atoms. The van der Waals surface area contributed by atoms with Crippen LogP contribution < -0.4 is 11.1 Å². The predicted octanol–water partition coefficient (Wildman–Crippen LogP) is 1.86. The number of carbonyl (C=O) groups excluding carboxylic acids is 1. The molecule has 0 aliphatic carbocycles. The lowest BCUT2D eigenvalue weighted by Gasteiger charge is -2.08. The van der Waals surface area contributed by atoms with Gasteiger partial charge in [0.15, 0.2) is 0 Å². The maximum Gasteiger partial charge on any atom is 0.235 e. The van der Waals surface area contributed by atoms with Crippen LogP contribution in [-0.4, -0.2) is 28.4 Å². The molecule has 1 rings (SSSR count). The molecule has 1 unspecified atom stereocenters. The number of nitrogens with one attached hydrogen (secondary N) is 1. The van der Waals surface area contributed by atoms with Crippen molar-refractivity contribution < 1.29 is 4.79 Å².